The van der Waals surface area contributed by atoms with Crippen LogP contribution in [0.5, 0.6) is 0 Å². The van der Waals surface area contributed by atoms with Crippen LogP contribution in [-0.4, -0.2) is 19.5 Å². The van der Waals surface area contributed by atoms with Gasteiger partial charge < -0.3 is 0 Å². The number of rotatable bonds is 2. The van der Waals surface area contributed by atoms with E-state index in [9.17, 15) is 0 Å². The highest BCUT2D eigenvalue weighted by Gasteiger charge is 2.14. The number of aryl methyl sites for hydroxylation is 1. The summed E-state index contributed by atoms with van der Waals surface area (Å²) in [4.78, 5) is 13.5. The molecule has 0 fully saturated rings. The van der Waals surface area contributed by atoms with Gasteiger partial charge in [-0.15, -0.1) is 0 Å². The van der Waals surface area contributed by atoms with Gasteiger partial charge in [0.2, 0.25) is 0 Å². The van der Waals surface area contributed by atoms with Crippen molar-refractivity contribution in [1.29, 1.82) is 0 Å². The van der Waals surface area contributed by atoms with Crippen molar-refractivity contribution in [2.24, 2.45) is 0 Å². The van der Waals surface area contributed by atoms with E-state index in [1.54, 1.807) is 6.20 Å². The van der Waals surface area contributed by atoms with E-state index in [1.165, 1.54) is 0 Å². The summed E-state index contributed by atoms with van der Waals surface area (Å²) in [7, 11) is 0. The first-order valence-electron chi connectivity index (χ1n) is 7.24. The molecule has 4 rings (SSSR count). The van der Waals surface area contributed by atoms with E-state index in [0.29, 0.717) is 0 Å². The lowest BCUT2D eigenvalue weighted by molar-refractivity contribution is 1.06. The van der Waals surface area contributed by atoms with Gasteiger partial charge in [-0.3, -0.25) is 14.5 Å². The second kappa shape index (κ2) is 5.59. The van der Waals surface area contributed by atoms with Crippen molar-refractivity contribution in [2.45, 2.75) is 6.92 Å². The third-order valence-electron chi connectivity index (χ3n) is 3.71. The Balaban J connectivity index is 2.01. The number of hydrogen-bond acceptors (Lipinski definition) is 3. The zero-order valence-electron chi connectivity index (χ0n) is 12.4. The molecule has 4 aromatic rings. The predicted molar refractivity (Wildman–Crippen MR) is 94.5 cm³/mol. The van der Waals surface area contributed by atoms with Gasteiger partial charge in [0.1, 0.15) is 5.82 Å². The SMILES string of the molecule is Cc1ccc(-n2c(-c3ccc(Br)cc3)nc3ccncc32)cn1. The highest BCUT2D eigenvalue weighted by Crippen LogP contribution is 2.28. The lowest BCUT2D eigenvalue weighted by Crippen LogP contribution is -1.98. The molecule has 0 bridgehead atoms. The van der Waals surface area contributed by atoms with Gasteiger partial charge in [-0.1, -0.05) is 28.1 Å². The third kappa shape index (κ3) is 2.53. The van der Waals surface area contributed by atoms with E-state index in [-0.39, 0.29) is 0 Å². The Labute approximate surface area is 142 Å². The lowest BCUT2D eigenvalue weighted by atomic mass is 10.2. The average molecular weight is 365 g/mol. The fourth-order valence-corrected chi connectivity index (χ4v) is 2.83. The fourth-order valence-electron chi connectivity index (χ4n) is 2.57. The minimum absolute atomic E-state index is 0.881. The number of pyridine rings is 2. The lowest BCUT2D eigenvalue weighted by Gasteiger charge is -2.09. The van der Waals surface area contributed by atoms with Gasteiger partial charge in [-0.2, -0.15) is 0 Å². The first kappa shape index (κ1) is 14.1. The average Bonchev–Trinajstić information content (AvgIpc) is 2.96. The van der Waals surface area contributed by atoms with Gasteiger partial charge >= 0.3 is 0 Å². The van der Waals surface area contributed by atoms with E-state index in [1.807, 2.05) is 43.6 Å². The van der Waals surface area contributed by atoms with Crippen LogP contribution in [-0.2, 0) is 0 Å². The molecule has 0 unspecified atom stereocenters. The topological polar surface area (TPSA) is 43.6 Å². The fraction of sp³-hybridized carbons (Fsp3) is 0.0556. The van der Waals surface area contributed by atoms with Crippen LogP contribution in [0.1, 0.15) is 5.69 Å². The summed E-state index contributed by atoms with van der Waals surface area (Å²) < 4.78 is 3.14. The maximum absolute atomic E-state index is 4.79. The Morgan fingerprint density at radius 2 is 1.78 bits per heavy atom. The molecule has 112 valence electrons. The molecule has 23 heavy (non-hydrogen) atoms. The third-order valence-corrected chi connectivity index (χ3v) is 4.24. The van der Waals surface area contributed by atoms with Gasteiger partial charge in [-0.05, 0) is 37.3 Å². The number of aromatic nitrogens is 4. The van der Waals surface area contributed by atoms with Gasteiger partial charge in [-0.25, -0.2) is 4.98 Å². The quantitative estimate of drug-likeness (QED) is 0.523. The second-order valence-electron chi connectivity index (χ2n) is 5.30. The monoisotopic (exact) mass is 364 g/mol. The Bertz CT molecular complexity index is 972. The smallest absolute Gasteiger partial charge is 0.145 e. The summed E-state index contributed by atoms with van der Waals surface area (Å²) in [6.45, 7) is 1.98. The van der Waals surface area contributed by atoms with Crippen LogP contribution < -0.4 is 0 Å². The molecule has 5 heteroatoms. The van der Waals surface area contributed by atoms with Crippen LogP contribution >= 0.6 is 15.9 Å². The summed E-state index contributed by atoms with van der Waals surface area (Å²) >= 11 is 3.48. The molecule has 4 nitrogen and oxygen atoms in total. The number of hydrogen-bond donors (Lipinski definition) is 0. The largest absolute Gasteiger partial charge is 0.289 e. The van der Waals surface area contributed by atoms with Gasteiger partial charge in [0.25, 0.3) is 0 Å². The molecule has 0 amide bonds. The van der Waals surface area contributed by atoms with Crippen molar-refractivity contribution in [1.82, 2.24) is 19.5 Å². The van der Waals surface area contributed by atoms with E-state index < -0.39 is 0 Å². The van der Waals surface area contributed by atoms with E-state index >= 15 is 0 Å². The molecule has 3 aromatic heterocycles. The Hall–Kier alpha value is -2.53. The summed E-state index contributed by atoms with van der Waals surface area (Å²) in [6.07, 6.45) is 5.47. The van der Waals surface area contributed by atoms with Gasteiger partial charge in [0, 0.05) is 21.9 Å². The van der Waals surface area contributed by atoms with Crippen LogP contribution in [0.2, 0.25) is 0 Å². The van der Waals surface area contributed by atoms with Crippen LogP contribution in [0.25, 0.3) is 28.1 Å². The maximum Gasteiger partial charge on any atom is 0.145 e. The molecule has 1 aromatic carbocycles. The Kier molecular flexibility index (Phi) is 3.42. The molecule has 3 heterocycles. The summed E-state index contributed by atoms with van der Waals surface area (Å²) in [5, 5.41) is 0. The van der Waals surface area contributed by atoms with E-state index in [4.69, 9.17) is 4.98 Å². The number of fused-ring (bicyclic) bond motifs is 1. The molecule has 0 saturated heterocycles. The van der Waals surface area contributed by atoms with Crippen molar-refractivity contribution < 1.29 is 0 Å². The molecule has 0 saturated carbocycles. The molecule has 0 aliphatic heterocycles. The zero-order chi connectivity index (χ0) is 15.8. The molecule has 0 aliphatic carbocycles. The number of imidazole rings is 1. The Morgan fingerprint density at radius 3 is 2.52 bits per heavy atom. The molecular weight excluding hydrogens is 352 g/mol. The minimum Gasteiger partial charge on any atom is -0.289 e. The molecule has 0 aliphatic rings. The normalized spacial score (nSPS) is 11.0. The van der Waals surface area contributed by atoms with Crippen molar-refractivity contribution in [3.8, 4) is 17.1 Å². The standard InChI is InChI=1S/C18H13BrN4/c1-12-2-7-15(10-21-12)23-17-11-20-9-8-16(17)22-18(23)13-3-5-14(19)6-4-13/h2-11H,1H3. The highest BCUT2D eigenvalue weighted by atomic mass is 79.9. The predicted octanol–water partition coefficient (Wildman–Crippen LogP) is 4.55. The summed E-state index contributed by atoms with van der Waals surface area (Å²) in [5.74, 6) is 0.881. The van der Waals surface area contributed by atoms with Crippen molar-refractivity contribution in [3.05, 3.63) is 71.2 Å². The first-order chi connectivity index (χ1) is 11.2. The number of halogens is 1. The van der Waals surface area contributed by atoms with Crippen LogP contribution in [0.3, 0.4) is 0 Å². The number of benzene rings is 1. The van der Waals surface area contributed by atoms with Crippen molar-refractivity contribution in [2.75, 3.05) is 0 Å². The summed E-state index contributed by atoms with van der Waals surface area (Å²) in [5.41, 5.74) is 4.89. The summed E-state index contributed by atoms with van der Waals surface area (Å²) in [6, 6.07) is 14.1. The van der Waals surface area contributed by atoms with Gasteiger partial charge in [0.05, 0.1) is 29.1 Å². The maximum atomic E-state index is 4.79. The first-order valence-corrected chi connectivity index (χ1v) is 8.03. The highest BCUT2D eigenvalue weighted by molar-refractivity contribution is 9.10. The molecule has 0 radical (unpaired) electrons. The Morgan fingerprint density at radius 1 is 0.957 bits per heavy atom. The number of nitrogens with zero attached hydrogens (tertiary/aromatic N) is 4. The van der Waals surface area contributed by atoms with Crippen molar-refractivity contribution in [3.63, 3.8) is 0 Å². The second-order valence-corrected chi connectivity index (χ2v) is 6.22. The van der Waals surface area contributed by atoms with Crippen molar-refractivity contribution >= 4 is 27.0 Å². The molecule has 0 spiro atoms. The van der Waals surface area contributed by atoms with E-state index in [0.717, 1.165) is 38.3 Å². The van der Waals surface area contributed by atoms with Crippen LogP contribution in [0.15, 0.2) is 65.5 Å². The van der Waals surface area contributed by atoms with E-state index in [2.05, 4.69) is 48.7 Å². The molecular formula is C18H13BrN4. The molecule has 0 atom stereocenters. The molecule has 0 N–H and O–H groups in total. The van der Waals surface area contributed by atoms with Crippen LogP contribution in [0, 0.1) is 6.92 Å². The zero-order valence-corrected chi connectivity index (χ0v) is 14.0. The minimum atomic E-state index is 0.881. The van der Waals surface area contributed by atoms with Gasteiger partial charge in [0.15, 0.2) is 0 Å². The van der Waals surface area contributed by atoms with Crippen LogP contribution in [0.4, 0.5) is 0 Å².